The molecule has 4 aliphatic rings. The van der Waals surface area contributed by atoms with Crippen molar-refractivity contribution in [3.05, 3.63) is 52.2 Å². The zero-order valence-electron chi connectivity index (χ0n) is 22.3. The molecular formula is C29H37N7O2. The van der Waals surface area contributed by atoms with E-state index in [1.165, 1.54) is 0 Å². The van der Waals surface area contributed by atoms with E-state index in [0.29, 0.717) is 43.5 Å². The molecule has 0 saturated carbocycles. The van der Waals surface area contributed by atoms with Gasteiger partial charge < -0.3 is 25.2 Å². The Hall–Kier alpha value is -3.64. The molecular weight excluding hydrogens is 478 g/mol. The van der Waals surface area contributed by atoms with Crippen molar-refractivity contribution in [2.45, 2.75) is 57.5 Å². The Morgan fingerprint density at radius 1 is 1.24 bits per heavy atom. The minimum atomic E-state index is -0.133. The molecule has 4 heterocycles. The molecule has 1 saturated heterocycles. The molecule has 38 heavy (non-hydrogen) atoms. The van der Waals surface area contributed by atoms with E-state index in [-0.39, 0.29) is 12.1 Å². The van der Waals surface area contributed by atoms with E-state index < -0.39 is 0 Å². The third kappa shape index (κ3) is 5.32. The minimum Gasteiger partial charge on any atom is -0.385 e. The van der Waals surface area contributed by atoms with Crippen molar-refractivity contribution in [3.8, 4) is 6.07 Å². The van der Waals surface area contributed by atoms with Crippen molar-refractivity contribution in [2.75, 3.05) is 44.8 Å². The summed E-state index contributed by atoms with van der Waals surface area (Å²) in [4.78, 5) is 21.1. The Bertz CT molecular complexity index is 1240. The highest BCUT2D eigenvalue weighted by atomic mass is 16.5. The predicted molar refractivity (Wildman–Crippen MR) is 149 cm³/mol. The number of nitrogens with zero attached hydrogens (tertiary/aromatic N) is 4. The molecule has 1 unspecified atom stereocenters. The average molecular weight is 516 g/mol. The maximum absolute atomic E-state index is 12.5. The van der Waals surface area contributed by atoms with Crippen molar-refractivity contribution in [1.29, 1.82) is 10.7 Å². The normalized spacial score (nSPS) is 21.9. The highest BCUT2D eigenvalue weighted by Gasteiger charge is 2.31. The molecule has 3 N–H and O–H groups in total. The number of nitrogens with one attached hydrogen (secondary N) is 3. The van der Waals surface area contributed by atoms with Crippen molar-refractivity contribution < 1.29 is 9.53 Å². The number of benzene rings is 1. The molecule has 0 bridgehead atoms. The summed E-state index contributed by atoms with van der Waals surface area (Å²) in [6.07, 6.45) is 9.39. The first kappa shape index (κ1) is 26.0. The zero-order chi connectivity index (χ0) is 26.6. The van der Waals surface area contributed by atoms with Gasteiger partial charge in [0.1, 0.15) is 5.84 Å². The number of aryl methyl sites for hydroxylation is 1. The quantitative estimate of drug-likeness (QED) is 0.419. The van der Waals surface area contributed by atoms with Gasteiger partial charge in [0.2, 0.25) is 0 Å². The van der Waals surface area contributed by atoms with E-state index in [1.807, 2.05) is 17.0 Å². The number of nitriles is 1. The summed E-state index contributed by atoms with van der Waals surface area (Å²) >= 11 is 0. The van der Waals surface area contributed by atoms with E-state index in [0.717, 1.165) is 79.1 Å². The molecule has 0 spiro atoms. The number of aliphatic imine (C=N–C) groups is 1. The lowest BCUT2D eigenvalue weighted by atomic mass is 9.91. The number of hydrogen-bond acceptors (Lipinski definition) is 6. The molecule has 9 heteroatoms. The molecule has 9 nitrogen and oxygen atoms in total. The molecule has 1 aromatic carbocycles. The third-order valence-electron chi connectivity index (χ3n) is 7.85. The summed E-state index contributed by atoms with van der Waals surface area (Å²) in [5.41, 5.74) is 6.22. The predicted octanol–water partition coefficient (Wildman–Crippen LogP) is 3.49. The van der Waals surface area contributed by atoms with Crippen LogP contribution in [0.5, 0.6) is 0 Å². The lowest BCUT2D eigenvalue weighted by Crippen LogP contribution is -2.48. The van der Waals surface area contributed by atoms with Gasteiger partial charge in [-0.2, -0.15) is 5.26 Å². The molecule has 1 aromatic rings. The first-order valence-corrected chi connectivity index (χ1v) is 13.7. The number of dihydropyridines is 1. The van der Waals surface area contributed by atoms with Crippen LogP contribution in [0.15, 0.2) is 40.5 Å². The molecule has 200 valence electrons. The second-order valence-electron chi connectivity index (χ2n) is 10.5. The highest BCUT2D eigenvalue weighted by molar-refractivity contribution is 6.13. The van der Waals surface area contributed by atoms with Gasteiger partial charge in [0, 0.05) is 68.3 Å². The number of urea groups is 1. The number of allylic oxidation sites excluding steroid dienone is 1. The lowest BCUT2D eigenvalue weighted by Gasteiger charge is -2.38. The van der Waals surface area contributed by atoms with Crippen molar-refractivity contribution in [3.63, 3.8) is 0 Å². The van der Waals surface area contributed by atoms with Crippen LogP contribution < -0.4 is 15.5 Å². The van der Waals surface area contributed by atoms with Gasteiger partial charge in [0.25, 0.3) is 0 Å². The second-order valence-corrected chi connectivity index (χ2v) is 10.5. The Morgan fingerprint density at radius 3 is 2.79 bits per heavy atom. The number of anilines is 1. The molecule has 0 aliphatic carbocycles. The first-order chi connectivity index (χ1) is 18.5. The van der Waals surface area contributed by atoms with E-state index in [4.69, 9.17) is 9.73 Å². The van der Waals surface area contributed by atoms with Gasteiger partial charge in [0.05, 0.1) is 29.9 Å². The Kier molecular flexibility index (Phi) is 7.79. The monoisotopic (exact) mass is 515 g/mol. The topological polar surface area (TPSA) is 117 Å². The van der Waals surface area contributed by atoms with Crippen LogP contribution in [-0.2, 0) is 11.2 Å². The molecule has 2 amide bonds. The summed E-state index contributed by atoms with van der Waals surface area (Å²) < 4.78 is 5.53. The highest BCUT2D eigenvalue weighted by Crippen LogP contribution is 2.33. The molecule has 4 aliphatic heterocycles. The number of carbonyl (C=O) groups excluding carboxylic acids is 1. The van der Waals surface area contributed by atoms with Crippen LogP contribution in [-0.4, -0.2) is 74.5 Å². The van der Waals surface area contributed by atoms with Gasteiger partial charge in [-0.05, 0) is 62.8 Å². The maximum Gasteiger partial charge on any atom is 0.317 e. The van der Waals surface area contributed by atoms with Crippen LogP contribution >= 0.6 is 0 Å². The van der Waals surface area contributed by atoms with Gasteiger partial charge in [-0.1, -0.05) is 6.08 Å². The minimum absolute atomic E-state index is 0.133. The van der Waals surface area contributed by atoms with Crippen LogP contribution in [0.3, 0.4) is 0 Å². The van der Waals surface area contributed by atoms with Crippen LogP contribution in [0.25, 0.3) is 0 Å². The van der Waals surface area contributed by atoms with Crippen molar-refractivity contribution in [1.82, 2.24) is 15.5 Å². The number of amidine groups is 1. The van der Waals surface area contributed by atoms with Crippen LogP contribution in [0.1, 0.15) is 55.7 Å². The van der Waals surface area contributed by atoms with Gasteiger partial charge in [0.15, 0.2) is 0 Å². The van der Waals surface area contributed by atoms with Gasteiger partial charge in [-0.15, -0.1) is 0 Å². The zero-order valence-corrected chi connectivity index (χ0v) is 22.3. The summed E-state index contributed by atoms with van der Waals surface area (Å²) in [5.74, 6) is 0.397. The van der Waals surface area contributed by atoms with Gasteiger partial charge in [-0.25, -0.2) is 4.79 Å². The number of amides is 2. The second kappa shape index (κ2) is 11.4. The molecule has 0 aromatic heterocycles. The SMILES string of the molecule is CNC(=O)N1CCC(NC2CCOCC2)=C(C(=N)N2CCCc3cc(C4=NC(C)CC=C4)c(C#N)cc32)C1. The van der Waals surface area contributed by atoms with E-state index >= 15 is 0 Å². The van der Waals surface area contributed by atoms with E-state index in [1.54, 1.807) is 11.9 Å². The Labute approximate surface area is 224 Å². The number of fused-ring (bicyclic) bond motifs is 1. The van der Waals surface area contributed by atoms with Crippen molar-refractivity contribution >= 4 is 23.3 Å². The molecule has 1 atom stereocenters. The smallest absolute Gasteiger partial charge is 0.317 e. The fourth-order valence-electron chi connectivity index (χ4n) is 5.76. The van der Waals surface area contributed by atoms with Gasteiger partial charge in [-0.3, -0.25) is 10.4 Å². The third-order valence-corrected chi connectivity index (χ3v) is 7.85. The largest absolute Gasteiger partial charge is 0.385 e. The average Bonchev–Trinajstić information content (AvgIpc) is 2.96. The summed E-state index contributed by atoms with van der Waals surface area (Å²) in [5, 5.41) is 25.9. The van der Waals surface area contributed by atoms with E-state index in [2.05, 4.69) is 35.8 Å². The number of carbonyl (C=O) groups is 1. The number of hydrogen-bond donors (Lipinski definition) is 3. The molecule has 0 radical (unpaired) electrons. The number of rotatable bonds is 4. The lowest BCUT2D eigenvalue weighted by molar-refractivity contribution is 0.0798. The van der Waals surface area contributed by atoms with Crippen molar-refractivity contribution in [2.24, 2.45) is 4.99 Å². The first-order valence-electron chi connectivity index (χ1n) is 13.7. The summed E-state index contributed by atoms with van der Waals surface area (Å²) in [6, 6.07) is 6.78. The number of ether oxygens (including phenoxy) is 1. The Morgan fingerprint density at radius 2 is 2.05 bits per heavy atom. The molecule has 5 rings (SSSR count). The van der Waals surface area contributed by atoms with Gasteiger partial charge >= 0.3 is 6.03 Å². The van der Waals surface area contributed by atoms with Crippen LogP contribution in [0, 0.1) is 16.7 Å². The summed E-state index contributed by atoms with van der Waals surface area (Å²) in [6.45, 7) is 5.23. The standard InChI is InChI=1S/C29H37N7O2/c1-19-5-3-7-25(33-19)23-15-20-6-4-11-36(27(20)16-21(23)17-30)28(31)24-18-35(29(37)32-2)12-8-26(24)34-22-9-13-38-14-10-22/h3,7,15-16,19,22,31,34H,4-6,8-14,18H2,1-2H3,(H,32,37). The Balaban J connectivity index is 1.49. The van der Waals surface area contributed by atoms with Crippen LogP contribution in [0.4, 0.5) is 10.5 Å². The summed E-state index contributed by atoms with van der Waals surface area (Å²) in [7, 11) is 1.64. The molecule has 1 fully saturated rings. The van der Waals surface area contributed by atoms with Crippen LogP contribution in [0.2, 0.25) is 0 Å². The van der Waals surface area contributed by atoms with E-state index in [9.17, 15) is 15.5 Å². The fraction of sp³-hybridized carbons (Fsp3) is 0.517. The fourth-order valence-corrected chi connectivity index (χ4v) is 5.76. The maximum atomic E-state index is 12.5.